The van der Waals surface area contributed by atoms with E-state index in [0.29, 0.717) is 41.1 Å². The van der Waals surface area contributed by atoms with Gasteiger partial charge in [-0.15, -0.1) is 5.10 Å². The Morgan fingerprint density at radius 2 is 1.06 bits per heavy atom. The number of H-pyrrole nitrogens is 1. The lowest BCUT2D eigenvalue weighted by Gasteiger charge is -2.14. The second-order valence-corrected chi connectivity index (χ2v) is 13.9. The molecule has 0 fully saturated rings. The summed E-state index contributed by atoms with van der Waals surface area (Å²) >= 11 is 0. The second-order valence-electron chi connectivity index (χ2n) is 13.9. The first-order valence-corrected chi connectivity index (χ1v) is 17.2. The van der Waals surface area contributed by atoms with Crippen LogP contribution in [-0.4, -0.2) is 76.7 Å². The summed E-state index contributed by atoms with van der Waals surface area (Å²) in [5.41, 5.74) is 3.47. The molecule has 0 aliphatic carbocycles. The summed E-state index contributed by atoms with van der Waals surface area (Å²) in [6.45, 7) is 26.5. The Kier molecular flexibility index (Phi) is 12.3. The van der Waals surface area contributed by atoms with E-state index in [4.69, 9.17) is 9.47 Å². The zero-order chi connectivity index (χ0) is 35.1. The molecule has 4 N–H and O–H groups in total. The normalized spacial score (nSPS) is 13.3. The van der Waals surface area contributed by atoms with Crippen molar-refractivity contribution in [1.82, 2.24) is 45.3 Å². The highest BCUT2D eigenvalue weighted by Gasteiger charge is 2.23. The zero-order valence-electron chi connectivity index (χ0n) is 30.7. The minimum absolute atomic E-state index is 0.272. The first-order chi connectivity index (χ1) is 22.7. The van der Waals surface area contributed by atoms with Crippen molar-refractivity contribution in [1.29, 1.82) is 0 Å². The number of nitrogens with one attached hydrogen (secondary N) is 4. The molecule has 4 aromatic heterocycles. The molecule has 0 unspecified atom stereocenters. The Morgan fingerprint density at radius 1 is 0.542 bits per heavy atom. The van der Waals surface area contributed by atoms with Crippen molar-refractivity contribution in [2.45, 2.75) is 132 Å². The van der Waals surface area contributed by atoms with Gasteiger partial charge in [-0.05, 0) is 41.5 Å². The molecule has 262 valence electrons. The molecule has 4 aromatic rings. The van der Waals surface area contributed by atoms with Crippen LogP contribution in [0.1, 0.15) is 130 Å². The van der Waals surface area contributed by atoms with Crippen LogP contribution in [0.25, 0.3) is 11.2 Å². The molecule has 0 saturated heterocycles. The number of hydrogen-bond acceptors (Lipinski definition) is 13. The highest BCUT2D eigenvalue weighted by atomic mass is 16.5. The molecule has 2 aliphatic heterocycles. The van der Waals surface area contributed by atoms with Crippen molar-refractivity contribution >= 4 is 28.6 Å². The lowest BCUT2D eigenvalue weighted by atomic mass is 10.2. The Hall–Kier alpha value is -4.36. The highest BCUT2D eigenvalue weighted by molar-refractivity contribution is 5.81. The van der Waals surface area contributed by atoms with Gasteiger partial charge in [0.1, 0.15) is 23.3 Å². The average Bonchev–Trinajstić information content (AvgIpc) is 3.77. The quantitative estimate of drug-likeness (QED) is 0.155. The van der Waals surface area contributed by atoms with Crippen molar-refractivity contribution in [2.24, 2.45) is 0 Å². The lowest BCUT2D eigenvalue weighted by Crippen LogP contribution is -2.14. The van der Waals surface area contributed by atoms with Crippen LogP contribution in [0, 0.1) is 0 Å². The van der Waals surface area contributed by atoms with Crippen molar-refractivity contribution in [3.63, 3.8) is 0 Å². The van der Waals surface area contributed by atoms with E-state index in [2.05, 4.69) is 144 Å². The Balaban J connectivity index is 0.000000163. The van der Waals surface area contributed by atoms with Crippen LogP contribution in [-0.2, 0) is 12.8 Å². The number of nitrogens with zero attached hydrogens (tertiary/aromatic N) is 8. The predicted molar refractivity (Wildman–Crippen MR) is 190 cm³/mol. The van der Waals surface area contributed by atoms with Gasteiger partial charge in [-0.1, -0.05) is 41.5 Å². The first kappa shape index (κ1) is 36.5. The third-order valence-corrected chi connectivity index (χ3v) is 7.14. The van der Waals surface area contributed by atoms with E-state index < -0.39 is 0 Å². The largest absolute Gasteiger partial charge is 0.487 e. The second kappa shape index (κ2) is 16.2. The summed E-state index contributed by atoms with van der Waals surface area (Å²) in [5, 5.41) is 20.6. The first-order valence-electron chi connectivity index (χ1n) is 17.2. The van der Waals surface area contributed by atoms with Gasteiger partial charge in [0.15, 0.2) is 22.9 Å². The molecule has 0 aromatic carbocycles. The van der Waals surface area contributed by atoms with Gasteiger partial charge in [-0.3, -0.25) is 0 Å². The number of ether oxygens (including phenoxy) is 2. The molecule has 0 radical (unpaired) electrons. The summed E-state index contributed by atoms with van der Waals surface area (Å²) < 4.78 is 11.1. The summed E-state index contributed by atoms with van der Waals surface area (Å²) in [4.78, 5) is 26.9. The molecule has 0 saturated carbocycles. The van der Waals surface area contributed by atoms with E-state index in [1.807, 2.05) is 0 Å². The van der Waals surface area contributed by atoms with Gasteiger partial charge in [-0.2, -0.15) is 15.3 Å². The minimum Gasteiger partial charge on any atom is -0.487 e. The number of fused-ring (bicyclic) bond motifs is 3. The predicted octanol–water partition coefficient (Wildman–Crippen LogP) is 6.40. The van der Waals surface area contributed by atoms with Gasteiger partial charge in [0.2, 0.25) is 11.5 Å². The number of aromatic nitrogens is 9. The minimum atomic E-state index is 0.272. The van der Waals surface area contributed by atoms with E-state index in [9.17, 15) is 0 Å². The Labute approximate surface area is 284 Å². The lowest BCUT2D eigenvalue weighted by molar-refractivity contribution is 0.343. The Bertz CT molecular complexity index is 1570. The maximum atomic E-state index is 5.58. The molecule has 14 nitrogen and oxygen atoms in total. The Morgan fingerprint density at radius 3 is 1.69 bits per heavy atom. The average molecular weight is 663 g/mol. The highest BCUT2D eigenvalue weighted by Crippen LogP contribution is 2.33. The van der Waals surface area contributed by atoms with E-state index in [0.717, 1.165) is 83.9 Å². The molecule has 0 amide bonds. The number of hydrogen-bond donors (Lipinski definition) is 4. The fourth-order valence-electron chi connectivity index (χ4n) is 4.84. The summed E-state index contributed by atoms with van der Waals surface area (Å²) in [7, 11) is 0. The van der Waals surface area contributed by atoms with Crippen LogP contribution in [0.4, 0.5) is 17.5 Å². The van der Waals surface area contributed by atoms with Crippen LogP contribution in [0.3, 0.4) is 0 Å². The van der Waals surface area contributed by atoms with E-state index in [-0.39, 0.29) is 5.92 Å². The van der Waals surface area contributed by atoms with Crippen LogP contribution in [0.15, 0.2) is 0 Å². The van der Waals surface area contributed by atoms with E-state index >= 15 is 0 Å². The van der Waals surface area contributed by atoms with Gasteiger partial charge >= 0.3 is 0 Å². The third kappa shape index (κ3) is 9.38. The maximum absolute atomic E-state index is 5.58. The summed E-state index contributed by atoms with van der Waals surface area (Å²) in [6, 6.07) is 1.03. The van der Waals surface area contributed by atoms with E-state index in [1.165, 1.54) is 0 Å². The SMILES string of the molecule is CC(C)Nc1nc(C(C)C)nc2c1CCO2.CC(C)Nc1nc(C(C)C)nc2c1OCC2.CC(C)Nc1nc(C(C)C)nc2n[nH]nc12. The molecule has 2 aliphatic rings. The topological polar surface area (TPSA) is 173 Å². The molecule has 0 spiro atoms. The van der Waals surface area contributed by atoms with Gasteiger partial charge < -0.3 is 25.4 Å². The number of anilines is 3. The molecule has 14 heteroatoms. The molecule has 0 atom stereocenters. The van der Waals surface area contributed by atoms with Gasteiger partial charge in [-0.25, -0.2) is 24.9 Å². The molecular formula is C34H54N12O2. The third-order valence-electron chi connectivity index (χ3n) is 7.14. The molecule has 6 rings (SSSR count). The number of rotatable bonds is 9. The van der Waals surface area contributed by atoms with Crippen LogP contribution >= 0.6 is 0 Å². The summed E-state index contributed by atoms with van der Waals surface area (Å²) in [6.07, 6.45) is 1.80. The van der Waals surface area contributed by atoms with Gasteiger partial charge in [0.05, 0.1) is 24.5 Å². The fraction of sp³-hybridized carbons (Fsp3) is 0.647. The smallest absolute Gasteiger partial charge is 0.222 e. The molecule has 0 bridgehead atoms. The maximum Gasteiger partial charge on any atom is 0.222 e. The molecule has 48 heavy (non-hydrogen) atoms. The van der Waals surface area contributed by atoms with Crippen molar-refractivity contribution in [2.75, 3.05) is 29.2 Å². The number of aromatic amines is 1. The standard InChI is InChI=1S/2C12H19N3O.C10H16N6/c1-7(2)11-14-9-5-6-16-10(9)12(15-11)13-8(3)4;1-7(2)10-14-11(13-8(3)4)9-5-6-16-12(9)15-10;1-5(2)8-12-9(11-6(3)4)7-10(13-8)15-16-14-7/h2*7-8H,5-6H2,1-4H3,(H,13,14,15);5-6H,1-4H3,(H2,11,12,13,14,15,16). The molecule has 6 heterocycles. The fourth-order valence-corrected chi connectivity index (χ4v) is 4.84. The monoisotopic (exact) mass is 662 g/mol. The molecular weight excluding hydrogens is 608 g/mol. The van der Waals surface area contributed by atoms with Crippen molar-refractivity contribution in [3.8, 4) is 11.6 Å². The summed E-state index contributed by atoms with van der Waals surface area (Å²) in [5.74, 6) is 7.62. The van der Waals surface area contributed by atoms with Crippen molar-refractivity contribution in [3.05, 3.63) is 28.7 Å². The van der Waals surface area contributed by atoms with Gasteiger partial charge in [0.25, 0.3) is 0 Å². The van der Waals surface area contributed by atoms with Crippen molar-refractivity contribution < 1.29 is 9.47 Å². The zero-order valence-corrected chi connectivity index (χ0v) is 30.7. The van der Waals surface area contributed by atoms with Crippen LogP contribution < -0.4 is 25.4 Å². The van der Waals surface area contributed by atoms with Crippen LogP contribution in [0.2, 0.25) is 0 Å². The van der Waals surface area contributed by atoms with Gasteiger partial charge in [0, 0.05) is 48.7 Å². The van der Waals surface area contributed by atoms with E-state index in [1.54, 1.807) is 0 Å². The van der Waals surface area contributed by atoms with Crippen LogP contribution in [0.5, 0.6) is 11.6 Å².